The Morgan fingerprint density at radius 2 is 1.56 bits per heavy atom. The van der Waals surface area contributed by atoms with Crippen LogP contribution >= 0.6 is 11.6 Å². The minimum absolute atomic E-state index is 0.0375. The van der Waals surface area contributed by atoms with Crippen LogP contribution in [0.1, 0.15) is 11.1 Å². The first-order valence-corrected chi connectivity index (χ1v) is 13.3. The van der Waals surface area contributed by atoms with E-state index >= 15 is 0 Å². The molecule has 0 radical (unpaired) electrons. The van der Waals surface area contributed by atoms with Crippen LogP contribution < -0.4 is 9.62 Å². The van der Waals surface area contributed by atoms with Gasteiger partial charge in [0.1, 0.15) is 18.4 Å². The molecular weight excluding hydrogens is 505 g/mol. The fourth-order valence-electron chi connectivity index (χ4n) is 3.76. The van der Waals surface area contributed by atoms with Crippen molar-refractivity contribution in [1.29, 1.82) is 0 Å². The molecule has 1 N–H and O–H groups in total. The third kappa shape index (κ3) is 7.05. The molecule has 0 spiro atoms. The number of anilines is 1. The summed E-state index contributed by atoms with van der Waals surface area (Å²) in [7, 11) is -2.44. The van der Waals surface area contributed by atoms with Gasteiger partial charge in [0.05, 0.1) is 17.0 Å². The van der Waals surface area contributed by atoms with Crippen LogP contribution in [-0.2, 0) is 32.6 Å². The van der Waals surface area contributed by atoms with E-state index in [9.17, 15) is 22.4 Å². The molecule has 3 aromatic rings. The fourth-order valence-corrected chi connectivity index (χ4v) is 4.91. The summed E-state index contributed by atoms with van der Waals surface area (Å²) in [6.07, 6.45) is 1.17. The van der Waals surface area contributed by atoms with Crippen LogP contribution in [0, 0.1) is 5.82 Å². The predicted octanol–water partition coefficient (Wildman–Crippen LogP) is 3.63. The van der Waals surface area contributed by atoms with Gasteiger partial charge in [-0.3, -0.25) is 13.9 Å². The number of likely N-dealkylation sites (N-methyl/N-ethyl adjacent to an activating group) is 1. The summed E-state index contributed by atoms with van der Waals surface area (Å²) in [5.74, 6) is -1.47. The molecule has 2 amide bonds. The number of halogens is 2. The molecule has 0 aliphatic carbocycles. The Morgan fingerprint density at radius 1 is 0.944 bits per heavy atom. The van der Waals surface area contributed by atoms with Gasteiger partial charge in [-0.15, -0.1) is 0 Å². The molecule has 0 unspecified atom stereocenters. The van der Waals surface area contributed by atoms with Crippen LogP contribution in [0.4, 0.5) is 10.1 Å². The number of sulfonamides is 1. The maximum Gasteiger partial charge on any atom is 0.244 e. The minimum atomic E-state index is -3.91. The van der Waals surface area contributed by atoms with Crippen LogP contribution in [0.5, 0.6) is 0 Å². The third-order valence-electron chi connectivity index (χ3n) is 5.58. The second-order valence-electron chi connectivity index (χ2n) is 8.19. The second-order valence-corrected chi connectivity index (χ2v) is 10.5. The lowest BCUT2D eigenvalue weighted by Gasteiger charge is -2.33. The molecule has 0 saturated carbocycles. The number of nitrogens with one attached hydrogen (secondary N) is 1. The number of hydrogen-bond donors (Lipinski definition) is 1. The van der Waals surface area contributed by atoms with Gasteiger partial charge in [0.2, 0.25) is 21.8 Å². The number of amides is 2. The van der Waals surface area contributed by atoms with E-state index in [0.717, 1.165) is 16.1 Å². The monoisotopic (exact) mass is 531 g/mol. The van der Waals surface area contributed by atoms with E-state index < -0.39 is 40.2 Å². The Hall–Kier alpha value is -3.43. The Bertz CT molecular complexity index is 1300. The normalized spacial score (nSPS) is 12.0. The summed E-state index contributed by atoms with van der Waals surface area (Å²) < 4.78 is 39.8. The number of benzene rings is 3. The zero-order chi connectivity index (χ0) is 26.3. The Kier molecular flexibility index (Phi) is 9.06. The SMILES string of the molecule is CNC(=O)[C@@H](Cc1ccccc1)N(Cc1ccc(F)cc1)C(=O)CN(c1ccccc1Cl)S(C)(=O)=O. The molecular formula is C26H27ClFN3O4S. The number of para-hydroxylation sites is 1. The highest BCUT2D eigenvalue weighted by molar-refractivity contribution is 7.92. The standard InChI is InChI=1S/C26H27ClFN3O4S/c1-29-26(33)24(16-19-8-4-3-5-9-19)30(17-20-12-14-21(28)15-13-20)25(32)18-31(36(2,34)35)23-11-7-6-10-22(23)27/h3-15,24H,16-18H2,1-2H3,(H,29,33)/t24-/m1/s1. The third-order valence-corrected chi connectivity index (χ3v) is 7.03. The minimum Gasteiger partial charge on any atom is -0.357 e. The number of hydrogen-bond acceptors (Lipinski definition) is 4. The Balaban J connectivity index is 2.03. The lowest BCUT2D eigenvalue weighted by atomic mass is 10.0. The van der Waals surface area contributed by atoms with Gasteiger partial charge in [0, 0.05) is 20.0 Å². The largest absolute Gasteiger partial charge is 0.357 e. The highest BCUT2D eigenvalue weighted by atomic mass is 35.5. The zero-order valence-electron chi connectivity index (χ0n) is 19.9. The second kappa shape index (κ2) is 12.0. The van der Waals surface area contributed by atoms with Gasteiger partial charge >= 0.3 is 0 Å². The van der Waals surface area contributed by atoms with Crippen molar-refractivity contribution in [2.45, 2.75) is 19.0 Å². The highest BCUT2D eigenvalue weighted by Crippen LogP contribution is 2.27. The van der Waals surface area contributed by atoms with E-state index in [-0.39, 0.29) is 23.7 Å². The van der Waals surface area contributed by atoms with E-state index in [0.29, 0.717) is 5.56 Å². The molecule has 0 fully saturated rings. The summed E-state index contributed by atoms with van der Waals surface area (Å²) in [5.41, 5.74) is 1.54. The van der Waals surface area contributed by atoms with Crippen molar-refractivity contribution in [3.63, 3.8) is 0 Å². The Morgan fingerprint density at radius 3 is 2.14 bits per heavy atom. The number of carbonyl (C=O) groups is 2. The number of nitrogens with zero attached hydrogens (tertiary/aromatic N) is 2. The highest BCUT2D eigenvalue weighted by Gasteiger charge is 2.33. The number of carbonyl (C=O) groups excluding carboxylic acids is 2. The van der Waals surface area contributed by atoms with Gasteiger partial charge in [0.15, 0.2) is 0 Å². The zero-order valence-corrected chi connectivity index (χ0v) is 21.5. The lowest BCUT2D eigenvalue weighted by molar-refractivity contribution is -0.139. The molecule has 190 valence electrons. The molecule has 0 bridgehead atoms. The molecule has 3 aromatic carbocycles. The predicted molar refractivity (Wildman–Crippen MR) is 139 cm³/mol. The van der Waals surface area contributed by atoms with Gasteiger partial charge in [-0.1, -0.05) is 66.2 Å². The summed E-state index contributed by atoms with van der Waals surface area (Å²) in [4.78, 5) is 28.0. The Labute approximate surface area is 215 Å². The first-order valence-electron chi connectivity index (χ1n) is 11.1. The van der Waals surface area contributed by atoms with Gasteiger partial charge in [-0.2, -0.15) is 0 Å². The maximum absolute atomic E-state index is 13.7. The van der Waals surface area contributed by atoms with E-state index in [4.69, 9.17) is 11.6 Å². The molecule has 1 atom stereocenters. The van der Waals surface area contributed by atoms with Gasteiger partial charge in [-0.05, 0) is 35.4 Å². The molecule has 0 saturated heterocycles. The molecule has 0 aromatic heterocycles. The molecule has 10 heteroatoms. The molecule has 0 heterocycles. The average molecular weight is 532 g/mol. The van der Waals surface area contributed by atoms with Crippen LogP contribution in [0.25, 0.3) is 0 Å². The molecule has 0 aliphatic rings. The van der Waals surface area contributed by atoms with Crippen molar-refractivity contribution in [2.75, 3.05) is 24.2 Å². The van der Waals surface area contributed by atoms with Crippen molar-refractivity contribution in [3.05, 3.63) is 101 Å². The quantitative estimate of drug-likeness (QED) is 0.433. The maximum atomic E-state index is 13.7. The average Bonchev–Trinajstić information content (AvgIpc) is 2.85. The van der Waals surface area contributed by atoms with Gasteiger partial charge in [-0.25, -0.2) is 12.8 Å². The first kappa shape index (κ1) is 27.2. The topological polar surface area (TPSA) is 86.8 Å². The van der Waals surface area contributed by atoms with Gasteiger partial charge in [0.25, 0.3) is 0 Å². The fraction of sp³-hybridized carbons (Fsp3) is 0.231. The van der Waals surface area contributed by atoms with Crippen LogP contribution in [0.2, 0.25) is 5.02 Å². The van der Waals surface area contributed by atoms with Crippen molar-refractivity contribution < 1.29 is 22.4 Å². The molecule has 36 heavy (non-hydrogen) atoms. The van der Waals surface area contributed by atoms with Crippen molar-refractivity contribution in [3.8, 4) is 0 Å². The van der Waals surface area contributed by atoms with E-state index in [1.165, 1.54) is 48.3 Å². The molecule has 3 rings (SSSR count). The lowest BCUT2D eigenvalue weighted by Crippen LogP contribution is -2.52. The van der Waals surface area contributed by atoms with E-state index in [1.54, 1.807) is 12.1 Å². The van der Waals surface area contributed by atoms with Crippen LogP contribution in [0.3, 0.4) is 0 Å². The van der Waals surface area contributed by atoms with Crippen molar-refractivity contribution in [1.82, 2.24) is 10.2 Å². The molecule has 0 aliphatic heterocycles. The summed E-state index contributed by atoms with van der Waals surface area (Å²) in [6.45, 7) is -0.615. The molecule has 7 nitrogen and oxygen atoms in total. The van der Waals surface area contributed by atoms with Crippen LogP contribution in [-0.4, -0.2) is 51.0 Å². The smallest absolute Gasteiger partial charge is 0.244 e. The number of rotatable bonds is 10. The van der Waals surface area contributed by atoms with Gasteiger partial charge < -0.3 is 10.2 Å². The summed E-state index contributed by atoms with van der Waals surface area (Å²) >= 11 is 6.24. The van der Waals surface area contributed by atoms with Crippen molar-refractivity contribution >= 4 is 39.1 Å². The van der Waals surface area contributed by atoms with E-state index in [2.05, 4.69) is 5.32 Å². The summed E-state index contributed by atoms with van der Waals surface area (Å²) in [5, 5.41) is 2.75. The first-order chi connectivity index (χ1) is 17.1. The van der Waals surface area contributed by atoms with Crippen molar-refractivity contribution in [2.24, 2.45) is 0 Å². The van der Waals surface area contributed by atoms with Crippen LogP contribution in [0.15, 0.2) is 78.9 Å². The van der Waals surface area contributed by atoms with E-state index in [1.807, 2.05) is 30.3 Å². The summed E-state index contributed by atoms with van der Waals surface area (Å²) in [6, 6.07) is 20.0.